The van der Waals surface area contributed by atoms with Gasteiger partial charge in [0.2, 0.25) is 0 Å². The summed E-state index contributed by atoms with van der Waals surface area (Å²) >= 11 is 0. The van der Waals surface area contributed by atoms with E-state index in [2.05, 4.69) is 24.9 Å². The van der Waals surface area contributed by atoms with Crippen molar-refractivity contribution in [2.24, 2.45) is 0 Å². The van der Waals surface area contributed by atoms with Gasteiger partial charge in [-0.2, -0.15) is 0 Å². The van der Waals surface area contributed by atoms with E-state index in [0.29, 0.717) is 7.18 Å². The summed E-state index contributed by atoms with van der Waals surface area (Å²) < 4.78 is 9.50. The highest BCUT2D eigenvalue weighted by molar-refractivity contribution is 5.21. The number of alkyl halides is 1. The van der Waals surface area contributed by atoms with Gasteiger partial charge < -0.3 is 0 Å². The van der Waals surface area contributed by atoms with Gasteiger partial charge in [0, 0.05) is 11.9 Å². The van der Waals surface area contributed by atoms with E-state index in [4.69, 9.17) is 0 Å². The molecule has 0 saturated carbocycles. The summed E-state index contributed by atoms with van der Waals surface area (Å²) in [6.45, 7) is 10.2. The van der Waals surface area contributed by atoms with Crippen molar-refractivity contribution >= 4 is 0 Å². The monoisotopic (exact) mass is 185 g/mol. The third-order valence-electron chi connectivity index (χ3n) is 1.48. The number of nitrogens with zero attached hydrogens (tertiary/aromatic N) is 1. The zero-order valence-electron chi connectivity index (χ0n) is 9.48. The van der Waals surface area contributed by atoms with Crippen LogP contribution in [0.2, 0.25) is 0 Å². The quantitative estimate of drug-likeness (QED) is 0.601. The molecule has 0 aliphatic carbocycles. The Bertz CT molecular complexity index is 221. The van der Waals surface area contributed by atoms with Crippen LogP contribution in [-0.2, 0) is 0 Å². The predicted molar refractivity (Wildman–Crippen MR) is 56.8 cm³/mol. The fourth-order valence-corrected chi connectivity index (χ4v) is 0.784. The molecule has 0 unspecified atom stereocenters. The molecule has 0 saturated heterocycles. The van der Waals surface area contributed by atoms with Crippen LogP contribution in [0, 0.1) is 20.8 Å². The first-order valence-electron chi connectivity index (χ1n) is 4.48. The summed E-state index contributed by atoms with van der Waals surface area (Å²) in [6.07, 6.45) is 1.89. The lowest BCUT2D eigenvalue weighted by Crippen LogP contribution is -1.85. The van der Waals surface area contributed by atoms with Crippen molar-refractivity contribution in [3.8, 4) is 0 Å². The molecule has 1 aromatic heterocycles. The maximum Gasteiger partial charge on any atom is 0.0785 e. The van der Waals surface area contributed by atoms with Crippen LogP contribution in [0.4, 0.5) is 4.39 Å². The average molecular weight is 185 g/mol. The van der Waals surface area contributed by atoms with Crippen molar-refractivity contribution in [3.63, 3.8) is 0 Å². The minimum Gasteiger partial charge on any atom is -0.261 e. The molecule has 2 heteroatoms. The topological polar surface area (TPSA) is 12.9 Å². The molecule has 0 amide bonds. The predicted octanol–water partition coefficient (Wildman–Crippen LogP) is 3.62. The molecule has 76 valence electrons. The number of aryl methyl sites for hydroxylation is 3. The molecule has 0 spiro atoms. The minimum atomic E-state index is 0.500. The van der Waals surface area contributed by atoms with Crippen molar-refractivity contribution in [1.82, 2.24) is 4.98 Å². The van der Waals surface area contributed by atoms with Gasteiger partial charge in [-0.15, -0.1) is 0 Å². The Hall–Kier alpha value is -0.920. The number of pyridine rings is 1. The molecule has 0 fully saturated rings. The summed E-state index contributed by atoms with van der Waals surface area (Å²) in [4.78, 5) is 4.18. The molecule has 1 nitrogen and oxygen atoms in total. The molecular formula is C11H20FN. The van der Waals surface area contributed by atoms with Crippen molar-refractivity contribution in [2.45, 2.75) is 34.6 Å². The van der Waals surface area contributed by atoms with Gasteiger partial charge in [-0.05, 0) is 31.9 Å². The molecule has 0 aliphatic heterocycles. The number of halogens is 1. The first-order chi connectivity index (χ1) is 6.20. The van der Waals surface area contributed by atoms with E-state index in [0.717, 1.165) is 5.69 Å². The number of rotatable bonds is 0. The Morgan fingerprint density at radius 3 is 1.85 bits per heavy atom. The van der Waals surface area contributed by atoms with Crippen molar-refractivity contribution in [3.05, 3.63) is 29.1 Å². The van der Waals surface area contributed by atoms with Gasteiger partial charge >= 0.3 is 0 Å². The summed E-state index contributed by atoms with van der Waals surface area (Å²) in [5.74, 6) is 0. The van der Waals surface area contributed by atoms with Crippen LogP contribution < -0.4 is 0 Å². The number of hydrogen-bond donors (Lipinski definition) is 0. The van der Waals surface area contributed by atoms with E-state index < -0.39 is 0 Å². The smallest absolute Gasteiger partial charge is 0.0785 e. The SMILES string of the molecule is CC.CF.Cc1cnc(C)c(C)c1. The summed E-state index contributed by atoms with van der Waals surface area (Å²) in [7, 11) is 0.500. The second-order valence-corrected chi connectivity index (χ2v) is 2.41. The maximum atomic E-state index is 9.50. The van der Waals surface area contributed by atoms with Crippen LogP contribution in [0.1, 0.15) is 30.7 Å². The Labute approximate surface area is 81.0 Å². The Kier molecular flexibility index (Phi) is 10.3. The third-order valence-corrected chi connectivity index (χ3v) is 1.48. The van der Waals surface area contributed by atoms with Crippen LogP contribution in [0.15, 0.2) is 12.3 Å². The average Bonchev–Trinajstić information content (AvgIpc) is 2.18. The van der Waals surface area contributed by atoms with Crippen molar-refractivity contribution in [2.75, 3.05) is 7.18 Å². The second-order valence-electron chi connectivity index (χ2n) is 2.41. The number of aromatic nitrogens is 1. The van der Waals surface area contributed by atoms with Crippen LogP contribution in [0.25, 0.3) is 0 Å². The molecule has 0 aromatic carbocycles. The highest BCUT2D eigenvalue weighted by atomic mass is 19.1. The van der Waals surface area contributed by atoms with Crippen molar-refractivity contribution < 1.29 is 4.39 Å². The van der Waals surface area contributed by atoms with E-state index >= 15 is 0 Å². The minimum absolute atomic E-state index is 0.500. The highest BCUT2D eigenvalue weighted by Crippen LogP contribution is 2.03. The maximum absolute atomic E-state index is 9.50. The lowest BCUT2D eigenvalue weighted by atomic mass is 10.2. The second kappa shape index (κ2) is 9.17. The zero-order chi connectivity index (χ0) is 10.9. The summed E-state index contributed by atoms with van der Waals surface area (Å²) in [5, 5.41) is 0. The van der Waals surface area contributed by atoms with Crippen LogP contribution in [-0.4, -0.2) is 12.2 Å². The molecule has 1 aromatic rings. The molecule has 0 bridgehead atoms. The van der Waals surface area contributed by atoms with Crippen LogP contribution in [0.5, 0.6) is 0 Å². The Morgan fingerprint density at radius 2 is 1.54 bits per heavy atom. The Balaban J connectivity index is 0. The molecule has 0 atom stereocenters. The molecular weight excluding hydrogens is 165 g/mol. The summed E-state index contributed by atoms with van der Waals surface area (Å²) in [6, 6.07) is 2.14. The molecule has 13 heavy (non-hydrogen) atoms. The fourth-order valence-electron chi connectivity index (χ4n) is 0.784. The van der Waals surface area contributed by atoms with E-state index in [9.17, 15) is 4.39 Å². The van der Waals surface area contributed by atoms with E-state index in [1.807, 2.05) is 27.0 Å². The van der Waals surface area contributed by atoms with E-state index in [1.165, 1.54) is 11.1 Å². The largest absolute Gasteiger partial charge is 0.261 e. The number of hydrogen-bond acceptors (Lipinski definition) is 1. The molecule has 0 N–H and O–H groups in total. The van der Waals surface area contributed by atoms with Gasteiger partial charge in [0.15, 0.2) is 0 Å². The van der Waals surface area contributed by atoms with Gasteiger partial charge in [-0.25, -0.2) is 0 Å². The zero-order valence-corrected chi connectivity index (χ0v) is 9.48. The van der Waals surface area contributed by atoms with Crippen LogP contribution in [0.3, 0.4) is 0 Å². The van der Waals surface area contributed by atoms with Crippen LogP contribution >= 0.6 is 0 Å². The molecule has 1 rings (SSSR count). The lowest BCUT2D eigenvalue weighted by Gasteiger charge is -1.97. The third kappa shape index (κ3) is 6.26. The molecule has 0 aliphatic rings. The summed E-state index contributed by atoms with van der Waals surface area (Å²) in [5.41, 5.74) is 3.63. The van der Waals surface area contributed by atoms with Gasteiger partial charge in [-0.1, -0.05) is 19.9 Å². The van der Waals surface area contributed by atoms with E-state index in [1.54, 1.807) is 0 Å². The van der Waals surface area contributed by atoms with Gasteiger partial charge in [-0.3, -0.25) is 9.37 Å². The van der Waals surface area contributed by atoms with Gasteiger partial charge in [0.25, 0.3) is 0 Å². The van der Waals surface area contributed by atoms with Crippen molar-refractivity contribution in [1.29, 1.82) is 0 Å². The standard InChI is InChI=1S/C8H11N.C2H6.CH3F/c1-6-4-7(2)8(3)9-5-6;2*1-2/h4-5H,1-3H3;1-2H3;1H3. The normalized spacial score (nSPS) is 7.62. The Morgan fingerprint density at radius 1 is 1.08 bits per heavy atom. The fraction of sp³-hybridized carbons (Fsp3) is 0.545. The van der Waals surface area contributed by atoms with Gasteiger partial charge in [0.05, 0.1) is 7.18 Å². The van der Waals surface area contributed by atoms with E-state index in [-0.39, 0.29) is 0 Å². The lowest BCUT2D eigenvalue weighted by molar-refractivity contribution is 0.636. The molecule has 1 heterocycles. The first-order valence-corrected chi connectivity index (χ1v) is 4.48. The highest BCUT2D eigenvalue weighted by Gasteiger charge is 1.90. The molecule has 0 radical (unpaired) electrons. The van der Waals surface area contributed by atoms with Gasteiger partial charge in [0.1, 0.15) is 0 Å². The first kappa shape index (κ1) is 14.6.